The number of rotatable bonds is 3. The van der Waals surface area contributed by atoms with Gasteiger partial charge >= 0.3 is 5.97 Å². The van der Waals surface area contributed by atoms with Crippen LogP contribution in [0, 0.1) is 11.3 Å². The van der Waals surface area contributed by atoms with Gasteiger partial charge in [0.2, 0.25) is 0 Å². The van der Waals surface area contributed by atoms with Crippen LogP contribution in [-0.4, -0.2) is 33.3 Å². The fourth-order valence-corrected chi connectivity index (χ4v) is 3.96. The Bertz CT molecular complexity index is 252. The third-order valence-corrected chi connectivity index (χ3v) is 4.79. The van der Waals surface area contributed by atoms with E-state index in [1.165, 1.54) is 0 Å². The first kappa shape index (κ1) is 12.8. The molecule has 4 heteroatoms. The van der Waals surface area contributed by atoms with E-state index in [9.17, 15) is 9.90 Å². The molecule has 1 aliphatic heterocycles. The van der Waals surface area contributed by atoms with Crippen LogP contribution in [0.25, 0.3) is 0 Å². The number of thioether (sulfide) groups is 1. The number of aliphatic carboxylic acids is 1. The molecular formula is C11H20O3S. The normalized spacial score (nSPS) is 32.3. The van der Waals surface area contributed by atoms with Gasteiger partial charge in [0.15, 0.2) is 0 Å². The Morgan fingerprint density at radius 1 is 1.53 bits per heavy atom. The molecule has 0 amide bonds. The summed E-state index contributed by atoms with van der Waals surface area (Å²) < 4.78 is 0. The van der Waals surface area contributed by atoms with Crippen molar-refractivity contribution in [3.63, 3.8) is 0 Å². The first-order valence-electron chi connectivity index (χ1n) is 5.38. The SMILES string of the molecule is CCC(C(=O)O)C1(O)CSCCC1(C)C. The number of hydrogen-bond acceptors (Lipinski definition) is 3. The molecule has 0 aromatic carbocycles. The van der Waals surface area contributed by atoms with Crippen molar-refractivity contribution >= 4 is 17.7 Å². The highest BCUT2D eigenvalue weighted by Gasteiger charge is 2.52. The van der Waals surface area contributed by atoms with Crippen LogP contribution in [-0.2, 0) is 4.79 Å². The summed E-state index contributed by atoms with van der Waals surface area (Å²) in [6.45, 7) is 5.77. The zero-order valence-corrected chi connectivity index (χ0v) is 10.4. The molecule has 0 aromatic heterocycles. The van der Waals surface area contributed by atoms with Crippen molar-refractivity contribution in [3.8, 4) is 0 Å². The van der Waals surface area contributed by atoms with E-state index in [0.717, 1.165) is 12.2 Å². The summed E-state index contributed by atoms with van der Waals surface area (Å²) in [5, 5.41) is 19.8. The molecule has 2 N–H and O–H groups in total. The smallest absolute Gasteiger partial charge is 0.309 e. The summed E-state index contributed by atoms with van der Waals surface area (Å²) >= 11 is 1.65. The minimum Gasteiger partial charge on any atom is -0.481 e. The molecule has 2 unspecified atom stereocenters. The van der Waals surface area contributed by atoms with Crippen molar-refractivity contribution in [2.45, 2.75) is 39.2 Å². The first-order valence-corrected chi connectivity index (χ1v) is 6.53. The summed E-state index contributed by atoms with van der Waals surface area (Å²) in [7, 11) is 0. The summed E-state index contributed by atoms with van der Waals surface area (Å²) in [6, 6.07) is 0. The van der Waals surface area contributed by atoms with Crippen LogP contribution in [0.2, 0.25) is 0 Å². The van der Waals surface area contributed by atoms with Crippen molar-refractivity contribution in [2.75, 3.05) is 11.5 Å². The Kier molecular flexibility index (Phi) is 3.71. The minimum absolute atomic E-state index is 0.308. The lowest BCUT2D eigenvalue weighted by atomic mass is 9.66. The average molecular weight is 232 g/mol. The van der Waals surface area contributed by atoms with E-state index in [4.69, 9.17) is 5.11 Å². The average Bonchev–Trinajstić information content (AvgIpc) is 2.11. The van der Waals surface area contributed by atoms with Crippen LogP contribution in [0.5, 0.6) is 0 Å². The van der Waals surface area contributed by atoms with Crippen LogP contribution >= 0.6 is 11.8 Å². The van der Waals surface area contributed by atoms with Gasteiger partial charge < -0.3 is 10.2 Å². The highest BCUT2D eigenvalue weighted by Crippen LogP contribution is 2.47. The number of hydrogen-bond donors (Lipinski definition) is 2. The van der Waals surface area contributed by atoms with Crippen LogP contribution in [0.1, 0.15) is 33.6 Å². The summed E-state index contributed by atoms with van der Waals surface area (Å²) in [5.41, 5.74) is -1.38. The molecule has 0 bridgehead atoms. The lowest BCUT2D eigenvalue weighted by Crippen LogP contribution is -2.57. The molecule has 1 fully saturated rings. The summed E-state index contributed by atoms with van der Waals surface area (Å²) in [5.74, 6) is 0.00627. The van der Waals surface area contributed by atoms with Crippen molar-refractivity contribution in [1.29, 1.82) is 0 Å². The van der Waals surface area contributed by atoms with Crippen LogP contribution in [0.15, 0.2) is 0 Å². The van der Waals surface area contributed by atoms with Gasteiger partial charge in [-0.3, -0.25) is 4.79 Å². The quantitative estimate of drug-likeness (QED) is 0.781. The van der Waals surface area contributed by atoms with Gasteiger partial charge in [-0.2, -0.15) is 11.8 Å². The Labute approximate surface area is 95.3 Å². The van der Waals surface area contributed by atoms with E-state index in [1.807, 2.05) is 20.8 Å². The van der Waals surface area contributed by atoms with E-state index in [0.29, 0.717) is 12.2 Å². The molecule has 0 radical (unpaired) electrons. The largest absolute Gasteiger partial charge is 0.481 e. The molecule has 0 saturated carbocycles. The van der Waals surface area contributed by atoms with Crippen molar-refractivity contribution < 1.29 is 15.0 Å². The third-order valence-electron chi connectivity index (χ3n) is 3.65. The Hall–Kier alpha value is -0.220. The Morgan fingerprint density at radius 3 is 2.53 bits per heavy atom. The molecule has 2 atom stereocenters. The zero-order chi connectivity index (χ0) is 11.7. The highest BCUT2D eigenvalue weighted by molar-refractivity contribution is 7.99. The Morgan fingerprint density at radius 2 is 2.13 bits per heavy atom. The molecule has 0 aromatic rings. The highest BCUT2D eigenvalue weighted by atomic mass is 32.2. The maximum absolute atomic E-state index is 11.2. The van der Waals surface area contributed by atoms with Gasteiger partial charge in [-0.05, 0) is 24.0 Å². The first-order chi connectivity index (χ1) is 6.85. The molecule has 3 nitrogen and oxygen atoms in total. The van der Waals surface area contributed by atoms with Crippen LogP contribution < -0.4 is 0 Å². The second kappa shape index (κ2) is 4.34. The predicted molar refractivity (Wildman–Crippen MR) is 62.1 cm³/mol. The molecular weight excluding hydrogens is 212 g/mol. The van der Waals surface area contributed by atoms with Crippen molar-refractivity contribution in [1.82, 2.24) is 0 Å². The van der Waals surface area contributed by atoms with Crippen LogP contribution in [0.4, 0.5) is 0 Å². The van der Waals surface area contributed by atoms with Gasteiger partial charge in [-0.25, -0.2) is 0 Å². The molecule has 88 valence electrons. The molecule has 0 spiro atoms. The Balaban J connectivity index is 3.00. The molecule has 15 heavy (non-hydrogen) atoms. The van der Waals surface area contributed by atoms with E-state index >= 15 is 0 Å². The van der Waals surface area contributed by atoms with E-state index in [2.05, 4.69) is 0 Å². The third kappa shape index (κ3) is 2.16. The van der Waals surface area contributed by atoms with E-state index < -0.39 is 17.5 Å². The second-order valence-corrected chi connectivity index (χ2v) is 6.01. The fraction of sp³-hybridized carbons (Fsp3) is 0.909. The number of carboxylic acid groups (broad SMARTS) is 1. The molecule has 1 saturated heterocycles. The van der Waals surface area contributed by atoms with E-state index in [-0.39, 0.29) is 5.41 Å². The van der Waals surface area contributed by atoms with Crippen molar-refractivity contribution in [3.05, 3.63) is 0 Å². The molecule has 1 aliphatic rings. The summed E-state index contributed by atoms with van der Waals surface area (Å²) in [6.07, 6.45) is 1.35. The molecule has 0 aliphatic carbocycles. The maximum Gasteiger partial charge on any atom is 0.309 e. The van der Waals surface area contributed by atoms with Gasteiger partial charge in [0.25, 0.3) is 0 Å². The zero-order valence-electron chi connectivity index (χ0n) is 9.62. The lowest BCUT2D eigenvalue weighted by Gasteiger charge is -2.49. The second-order valence-electron chi connectivity index (χ2n) is 4.91. The fourth-order valence-electron chi connectivity index (χ4n) is 2.26. The van der Waals surface area contributed by atoms with Gasteiger partial charge in [-0.1, -0.05) is 20.8 Å². The van der Waals surface area contributed by atoms with Crippen LogP contribution in [0.3, 0.4) is 0 Å². The van der Waals surface area contributed by atoms with Gasteiger partial charge in [0.1, 0.15) is 0 Å². The molecule has 1 rings (SSSR count). The standard InChI is InChI=1S/C11H20O3S/c1-4-8(9(12)13)11(14)7-15-6-5-10(11,2)3/h8,14H,4-7H2,1-3H3,(H,12,13). The lowest BCUT2D eigenvalue weighted by molar-refractivity contribution is -0.162. The topological polar surface area (TPSA) is 57.5 Å². The predicted octanol–water partition coefficient (Wildman–Crippen LogP) is 1.99. The van der Waals surface area contributed by atoms with Crippen molar-refractivity contribution in [2.24, 2.45) is 11.3 Å². The minimum atomic E-state index is -1.07. The van der Waals surface area contributed by atoms with Gasteiger partial charge in [0, 0.05) is 5.75 Å². The number of aliphatic hydroxyl groups is 1. The van der Waals surface area contributed by atoms with E-state index in [1.54, 1.807) is 11.8 Å². The van der Waals surface area contributed by atoms with Gasteiger partial charge in [0.05, 0.1) is 11.5 Å². The monoisotopic (exact) mass is 232 g/mol. The number of carbonyl (C=O) groups is 1. The maximum atomic E-state index is 11.2. The summed E-state index contributed by atoms with van der Waals surface area (Å²) in [4.78, 5) is 11.2. The van der Waals surface area contributed by atoms with Gasteiger partial charge in [-0.15, -0.1) is 0 Å². The molecule has 1 heterocycles. The number of carboxylic acids is 1.